The van der Waals surface area contributed by atoms with Crippen LogP contribution in [0, 0.1) is 13.8 Å². The molecule has 1 heterocycles. The summed E-state index contributed by atoms with van der Waals surface area (Å²) in [6.07, 6.45) is 0. The SMILES string of the molecule is CCN(CC)C(=S)SCC(=O)Nc1nc(C)cc(C)n1. The van der Waals surface area contributed by atoms with Crippen LogP contribution in [0.3, 0.4) is 0 Å². The minimum atomic E-state index is -0.144. The summed E-state index contributed by atoms with van der Waals surface area (Å²) in [5.74, 6) is 0.474. The Bertz CT molecular complexity index is 469. The zero-order valence-electron chi connectivity index (χ0n) is 12.3. The lowest BCUT2D eigenvalue weighted by Crippen LogP contribution is -2.28. The molecule has 1 amide bonds. The number of thioether (sulfide) groups is 1. The third-order valence-electron chi connectivity index (χ3n) is 2.58. The molecular formula is C13H20N4OS2. The van der Waals surface area contributed by atoms with Crippen LogP contribution in [0.2, 0.25) is 0 Å². The Labute approximate surface area is 129 Å². The smallest absolute Gasteiger partial charge is 0.237 e. The van der Waals surface area contributed by atoms with Gasteiger partial charge in [0.05, 0.1) is 5.75 Å². The zero-order chi connectivity index (χ0) is 15.1. The summed E-state index contributed by atoms with van der Waals surface area (Å²) < 4.78 is 0.742. The fraction of sp³-hybridized carbons (Fsp3) is 0.538. The molecule has 1 aromatic rings. The molecule has 20 heavy (non-hydrogen) atoms. The molecule has 0 spiro atoms. The first-order valence-electron chi connectivity index (χ1n) is 6.50. The second-order valence-corrected chi connectivity index (χ2v) is 5.86. The van der Waals surface area contributed by atoms with Crippen molar-refractivity contribution in [3.8, 4) is 0 Å². The molecule has 110 valence electrons. The summed E-state index contributed by atoms with van der Waals surface area (Å²) in [5, 5.41) is 2.69. The number of nitrogens with zero attached hydrogens (tertiary/aromatic N) is 3. The molecule has 0 aromatic carbocycles. The highest BCUT2D eigenvalue weighted by molar-refractivity contribution is 8.23. The van der Waals surface area contributed by atoms with Crippen LogP contribution >= 0.6 is 24.0 Å². The number of aromatic nitrogens is 2. The van der Waals surface area contributed by atoms with Gasteiger partial charge in [-0.15, -0.1) is 0 Å². The number of rotatable bonds is 5. The third kappa shape index (κ3) is 5.42. The highest BCUT2D eigenvalue weighted by Crippen LogP contribution is 2.10. The Morgan fingerprint density at radius 3 is 2.35 bits per heavy atom. The van der Waals surface area contributed by atoms with Crippen molar-refractivity contribution in [1.29, 1.82) is 0 Å². The van der Waals surface area contributed by atoms with E-state index in [1.165, 1.54) is 11.8 Å². The van der Waals surface area contributed by atoms with Crippen molar-refractivity contribution in [2.24, 2.45) is 0 Å². The van der Waals surface area contributed by atoms with Crippen LogP contribution in [0.5, 0.6) is 0 Å². The lowest BCUT2D eigenvalue weighted by molar-refractivity contribution is -0.113. The van der Waals surface area contributed by atoms with Crippen LogP contribution in [0.4, 0.5) is 5.95 Å². The average Bonchev–Trinajstić information content (AvgIpc) is 2.36. The molecule has 0 fully saturated rings. The average molecular weight is 312 g/mol. The van der Waals surface area contributed by atoms with E-state index in [4.69, 9.17) is 12.2 Å². The summed E-state index contributed by atoms with van der Waals surface area (Å²) in [6, 6.07) is 1.86. The highest BCUT2D eigenvalue weighted by Gasteiger charge is 2.10. The van der Waals surface area contributed by atoms with Crippen LogP contribution in [0.25, 0.3) is 0 Å². The van der Waals surface area contributed by atoms with Crippen molar-refractivity contribution in [2.45, 2.75) is 27.7 Å². The third-order valence-corrected chi connectivity index (χ3v) is 4.11. The van der Waals surface area contributed by atoms with Crippen LogP contribution in [0.15, 0.2) is 6.07 Å². The van der Waals surface area contributed by atoms with Gasteiger partial charge in [-0.2, -0.15) is 0 Å². The fourth-order valence-electron chi connectivity index (χ4n) is 1.64. The second-order valence-electron chi connectivity index (χ2n) is 4.25. The molecule has 7 heteroatoms. The van der Waals surface area contributed by atoms with Crippen molar-refractivity contribution in [1.82, 2.24) is 14.9 Å². The molecule has 1 aromatic heterocycles. The van der Waals surface area contributed by atoms with Gasteiger partial charge in [-0.3, -0.25) is 10.1 Å². The van der Waals surface area contributed by atoms with E-state index in [-0.39, 0.29) is 11.7 Å². The molecule has 0 aliphatic heterocycles. The second kappa shape index (κ2) is 8.16. The van der Waals surface area contributed by atoms with E-state index in [1.807, 2.05) is 38.7 Å². The number of thiocarbonyl (C=S) groups is 1. The van der Waals surface area contributed by atoms with Gasteiger partial charge in [-0.25, -0.2) is 9.97 Å². The first kappa shape index (κ1) is 16.8. The predicted molar refractivity (Wildman–Crippen MR) is 88.1 cm³/mol. The Morgan fingerprint density at radius 2 is 1.85 bits per heavy atom. The first-order valence-corrected chi connectivity index (χ1v) is 7.89. The summed E-state index contributed by atoms with van der Waals surface area (Å²) in [4.78, 5) is 22.2. The van der Waals surface area contributed by atoms with Gasteiger partial charge < -0.3 is 4.90 Å². The van der Waals surface area contributed by atoms with E-state index < -0.39 is 0 Å². The fourth-order valence-corrected chi connectivity index (χ4v) is 2.85. The number of anilines is 1. The summed E-state index contributed by atoms with van der Waals surface area (Å²) >= 11 is 6.64. The molecule has 0 aliphatic carbocycles. The van der Waals surface area contributed by atoms with Gasteiger partial charge >= 0.3 is 0 Å². The molecule has 1 N–H and O–H groups in total. The van der Waals surface area contributed by atoms with Gasteiger partial charge in [-0.05, 0) is 33.8 Å². The van der Waals surface area contributed by atoms with E-state index in [0.717, 1.165) is 28.8 Å². The van der Waals surface area contributed by atoms with Crippen LogP contribution in [-0.4, -0.2) is 43.9 Å². The van der Waals surface area contributed by atoms with Crippen LogP contribution in [-0.2, 0) is 4.79 Å². The molecule has 0 radical (unpaired) electrons. The van der Waals surface area contributed by atoms with Crippen molar-refractivity contribution in [3.63, 3.8) is 0 Å². The number of carbonyl (C=O) groups is 1. The van der Waals surface area contributed by atoms with Crippen molar-refractivity contribution >= 4 is 40.2 Å². The monoisotopic (exact) mass is 312 g/mol. The molecule has 0 unspecified atom stereocenters. The van der Waals surface area contributed by atoms with Gasteiger partial charge in [-0.1, -0.05) is 24.0 Å². The van der Waals surface area contributed by atoms with Crippen LogP contribution in [0.1, 0.15) is 25.2 Å². The lowest BCUT2D eigenvalue weighted by Gasteiger charge is -2.20. The Morgan fingerprint density at radius 1 is 1.30 bits per heavy atom. The number of hydrogen-bond donors (Lipinski definition) is 1. The molecular weight excluding hydrogens is 292 g/mol. The lowest BCUT2D eigenvalue weighted by atomic mass is 10.4. The number of amides is 1. The van der Waals surface area contributed by atoms with E-state index in [2.05, 4.69) is 15.3 Å². The molecule has 0 saturated heterocycles. The molecule has 0 saturated carbocycles. The maximum absolute atomic E-state index is 11.8. The Balaban J connectivity index is 2.50. The van der Waals surface area contributed by atoms with Crippen molar-refractivity contribution < 1.29 is 4.79 Å². The maximum atomic E-state index is 11.8. The van der Waals surface area contributed by atoms with Crippen LogP contribution < -0.4 is 5.32 Å². The normalized spacial score (nSPS) is 10.2. The maximum Gasteiger partial charge on any atom is 0.237 e. The number of aryl methyl sites for hydroxylation is 2. The van der Waals surface area contributed by atoms with E-state index in [0.29, 0.717) is 5.95 Å². The predicted octanol–water partition coefficient (Wildman–Crippen LogP) is 2.39. The quantitative estimate of drug-likeness (QED) is 0.843. The molecule has 0 aliphatic rings. The molecule has 5 nitrogen and oxygen atoms in total. The number of nitrogens with one attached hydrogen (secondary N) is 1. The largest absolute Gasteiger partial charge is 0.358 e. The minimum absolute atomic E-state index is 0.144. The summed E-state index contributed by atoms with van der Waals surface area (Å²) in [5.41, 5.74) is 1.67. The first-order chi connectivity index (χ1) is 9.46. The number of hydrogen-bond acceptors (Lipinski definition) is 5. The highest BCUT2D eigenvalue weighted by atomic mass is 32.2. The van der Waals surface area contributed by atoms with Crippen molar-refractivity contribution in [2.75, 3.05) is 24.2 Å². The molecule has 1 rings (SSSR count). The van der Waals surface area contributed by atoms with Gasteiger partial charge in [0.15, 0.2) is 0 Å². The van der Waals surface area contributed by atoms with E-state index >= 15 is 0 Å². The van der Waals surface area contributed by atoms with Crippen molar-refractivity contribution in [3.05, 3.63) is 17.5 Å². The number of carbonyl (C=O) groups excluding carboxylic acids is 1. The summed E-state index contributed by atoms with van der Waals surface area (Å²) in [6.45, 7) is 9.52. The van der Waals surface area contributed by atoms with E-state index in [1.54, 1.807) is 0 Å². The Hall–Kier alpha value is -1.21. The molecule has 0 atom stereocenters. The minimum Gasteiger partial charge on any atom is -0.358 e. The van der Waals surface area contributed by atoms with E-state index in [9.17, 15) is 4.79 Å². The topological polar surface area (TPSA) is 58.1 Å². The molecule has 0 bridgehead atoms. The zero-order valence-corrected chi connectivity index (χ0v) is 13.9. The van der Waals surface area contributed by atoms with Gasteiger partial charge in [0.25, 0.3) is 0 Å². The van der Waals surface area contributed by atoms with Gasteiger partial charge in [0.1, 0.15) is 4.32 Å². The summed E-state index contributed by atoms with van der Waals surface area (Å²) in [7, 11) is 0. The van der Waals surface area contributed by atoms with Gasteiger partial charge in [0.2, 0.25) is 11.9 Å². The van der Waals surface area contributed by atoms with Gasteiger partial charge in [0, 0.05) is 24.5 Å². The Kier molecular flexibility index (Phi) is 6.87. The standard InChI is InChI=1S/C13H20N4OS2/c1-5-17(6-2)13(19)20-8-11(18)16-12-14-9(3)7-10(4)15-12/h7H,5-6,8H2,1-4H3,(H,14,15,16,18).